The summed E-state index contributed by atoms with van der Waals surface area (Å²) < 4.78 is 0. The summed E-state index contributed by atoms with van der Waals surface area (Å²) in [5.74, 6) is -0.794. The van der Waals surface area contributed by atoms with Gasteiger partial charge >= 0.3 is 0 Å². The molecule has 0 aliphatic heterocycles. The van der Waals surface area contributed by atoms with Crippen molar-refractivity contribution in [2.75, 3.05) is 13.2 Å². The molecule has 0 bridgehead atoms. The predicted octanol–water partition coefficient (Wildman–Crippen LogP) is 0.0348. The SMILES string of the molecule is CCC(C#N)C(=O)NCCCO. The highest BCUT2D eigenvalue weighted by Gasteiger charge is 2.13. The maximum absolute atomic E-state index is 11.1. The number of carbonyl (C=O) groups is 1. The first-order chi connectivity index (χ1) is 5.76. The molecule has 0 aliphatic rings. The number of nitrogens with one attached hydrogen (secondary N) is 1. The topological polar surface area (TPSA) is 73.1 Å². The minimum atomic E-state index is -0.552. The summed E-state index contributed by atoms with van der Waals surface area (Å²) in [5.41, 5.74) is 0. The molecule has 0 rings (SSSR count). The molecule has 1 unspecified atom stereocenters. The number of rotatable bonds is 5. The molecule has 0 aromatic carbocycles. The summed E-state index contributed by atoms with van der Waals surface area (Å²) in [6, 6.07) is 1.90. The Morgan fingerprint density at radius 2 is 2.42 bits per heavy atom. The van der Waals surface area contributed by atoms with Gasteiger partial charge in [-0.1, -0.05) is 6.92 Å². The summed E-state index contributed by atoms with van der Waals surface area (Å²) in [7, 11) is 0. The quantitative estimate of drug-likeness (QED) is 0.572. The fourth-order valence-electron chi connectivity index (χ4n) is 0.749. The van der Waals surface area contributed by atoms with Crippen molar-refractivity contribution in [1.82, 2.24) is 5.32 Å². The van der Waals surface area contributed by atoms with E-state index in [1.54, 1.807) is 6.92 Å². The highest BCUT2D eigenvalue weighted by atomic mass is 16.3. The smallest absolute Gasteiger partial charge is 0.237 e. The Morgan fingerprint density at radius 1 is 1.75 bits per heavy atom. The largest absolute Gasteiger partial charge is 0.396 e. The van der Waals surface area contributed by atoms with E-state index in [0.29, 0.717) is 19.4 Å². The summed E-state index contributed by atoms with van der Waals surface area (Å²) in [6.45, 7) is 2.29. The Kier molecular flexibility index (Phi) is 6.02. The van der Waals surface area contributed by atoms with Gasteiger partial charge in [-0.3, -0.25) is 4.79 Å². The van der Waals surface area contributed by atoms with Crippen LogP contribution in [0.1, 0.15) is 19.8 Å². The van der Waals surface area contributed by atoms with E-state index in [9.17, 15) is 4.79 Å². The van der Waals surface area contributed by atoms with Crippen molar-refractivity contribution >= 4 is 5.91 Å². The molecule has 0 spiro atoms. The minimum Gasteiger partial charge on any atom is -0.396 e. The monoisotopic (exact) mass is 170 g/mol. The molecule has 4 nitrogen and oxygen atoms in total. The van der Waals surface area contributed by atoms with E-state index < -0.39 is 5.92 Å². The van der Waals surface area contributed by atoms with Crippen LogP contribution in [0.15, 0.2) is 0 Å². The van der Waals surface area contributed by atoms with Gasteiger partial charge in [0.05, 0.1) is 6.07 Å². The van der Waals surface area contributed by atoms with Crippen molar-refractivity contribution < 1.29 is 9.90 Å². The van der Waals surface area contributed by atoms with E-state index in [0.717, 1.165) is 0 Å². The van der Waals surface area contributed by atoms with Crippen LogP contribution in [0.2, 0.25) is 0 Å². The average molecular weight is 170 g/mol. The third kappa shape index (κ3) is 3.94. The fourth-order valence-corrected chi connectivity index (χ4v) is 0.749. The maximum Gasteiger partial charge on any atom is 0.237 e. The second-order valence-corrected chi connectivity index (χ2v) is 2.46. The third-order valence-corrected chi connectivity index (χ3v) is 1.51. The maximum atomic E-state index is 11.1. The van der Waals surface area contributed by atoms with Crippen LogP contribution in [0.4, 0.5) is 0 Å². The van der Waals surface area contributed by atoms with Crippen LogP contribution in [0, 0.1) is 17.2 Å². The zero-order valence-corrected chi connectivity index (χ0v) is 7.21. The van der Waals surface area contributed by atoms with E-state index in [4.69, 9.17) is 10.4 Å². The van der Waals surface area contributed by atoms with E-state index >= 15 is 0 Å². The van der Waals surface area contributed by atoms with Gasteiger partial charge in [0.2, 0.25) is 5.91 Å². The average Bonchev–Trinajstić information content (AvgIpc) is 2.07. The molecule has 1 atom stereocenters. The van der Waals surface area contributed by atoms with E-state index in [2.05, 4.69) is 5.32 Å². The Hall–Kier alpha value is -1.08. The number of hydrogen-bond donors (Lipinski definition) is 2. The van der Waals surface area contributed by atoms with Gasteiger partial charge in [-0.05, 0) is 12.8 Å². The second-order valence-electron chi connectivity index (χ2n) is 2.46. The lowest BCUT2D eigenvalue weighted by molar-refractivity contribution is -0.123. The fraction of sp³-hybridized carbons (Fsp3) is 0.750. The summed E-state index contributed by atoms with van der Waals surface area (Å²) in [4.78, 5) is 11.1. The van der Waals surface area contributed by atoms with Crippen LogP contribution < -0.4 is 5.32 Å². The molecule has 0 saturated heterocycles. The molecule has 4 heteroatoms. The van der Waals surface area contributed by atoms with Crippen molar-refractivity contribution in [3.63, 3.8) is 0 Å². The molecular weight excluding hydrogens is 156 g/mol. The Bertz CT molecular complexity index is 174. The lowest BCUT2D eigenvalue weighted by atomic mass is 10.1. The molecule has 0 fully saturated rings. The first-order valence-corrected chi connectivity index (χ1v) is 4.04. The summed E-state index contributed by atoms with van der Waals surface area (Å²) in [5, 5.41) is 19.5. The molecule has 0 aliphatic carbocycles. The van der Waals surface area contributed by atoms with Gasteiger partial charge in [-0.15, -0.1) is 0 Å². The Morgan fingerprint density at radius 3 is 2.83 bits per heavy atom. The first kappa shape index (κ1) is 10.9. The van der Waals surface area contributed by atoms with E-state index in [1.165, 1.54) is 0 Å². The lowest BCUT2D eigenvalue weighted by Gasteiger charge is -2.06. The molecule has 12 heavy (non-hydrogen) atoms. The van der Waals surface area contributed by atoms with Gasteiger partial charge in [-0.25, -0.2) is 0 Å². The van der Waals surface area contributed by atoms with Crippen molar-refractivity contribution in [3.8, 4) is 6.07 Å². The van der Waals surface area contributed by atoms with Crippen LogP contribution in [-0.4, -0.2) is 24.2 Å². The number of nitriles is 1. The van der Waals surface area contributed by atoms with Crippen molar-refractivity contribution in [3.05, 3.63) is 0 Å². The predicted molar refractivity (Wildman–Crippen MR) is 44.1 cm³/mol. The number of nitrogens with zero attached hydrogens (tertiary/aromatic N) is 1. The molecule has 0 saturated carbocycles. The van der Waals surface area contributed by atoms with Gasteiger partial charge < -0.3 is 10.4 Å². The van der Waals surface area contributed by atoms with Crippen LogP contribution in [0.5, 0.6) is 0 Å². The van der Waals surface area contributed by atoms with Crippen molar-refractivity contribution in [2.45, 2.75) is 19.8 Å². The molecular formula is C8H14N2O2. The highest BCUT2D eigenvalue weighted by Crippen LogP contribution is 1.99. The van der Waals surface area contributed by atoms with Crippen LogP contribution in [-0.2, 0) is 4.79 Å². The van der Waals surface area contributed by atoms with Crippen LogP contribution in [0.25, 0.3) is 0 Å². The zero-order valence-electron chi connectivity index (χ0n) is 7.21. The van der Waals surface area contributed by atoms with Gasteiger partial charge in [0.25, 0.3) is 0 Å². The summed E-state index contributed by atoms with van der Waals surface area (Å²) >= 11 is 0. The van der Waals surface area contributed by atoms with Crippen LogP contribution >= 0.6 is 0 Å². The number of hydrogen-bond acceptors (Lipinski definition) is 3. The van der Waals surface area contributed by atoms with Crippen molar-refractivity contribution in [1.29, 1.82) is 5.26 Å². The van der Waals surface area contributed by atoms with Crippen LogP contribution in [0.3, 0.4) is 0 Å². The van der Waals surface area contributed by atoms with Gasteiger partial charge in [0.1, 0.15) is 5.92 Å². The van der Waals surface area contributed by atoms with Gasteiger partial charge in [0.15, 0.2) is 0 Å². The normalized spacial score (nSPS) is 11.8. The van der Waals surface area contributed by atoms with Crippen molar-refractivity contribution in [2.24, 2.45) is 5.92 Å². The van der Waals surface area contributed by atoms with E-state index in [-0.39, 0.29) is 12.5 Å². The number of aliphatic hydroxyl groups excluding tert-OH is 1. The first-order valence-electron chi connectivity index (χ1n) is 4.04. The minimum absolute atomic E-state index is 0.0592. The molecule has 68 valence electrons. The second kappa shape index (κ2) is 6.62. The highest BCUT2D eigenvalue weighted by molar-refractivity contribution is 5.80. The lowest BCUT2D eigenvalue weighted by Crippen LogP contribution is -2.30. The number of carbonyl (C=O) groups excluding carboxylic acids is 1. The Balaban J connectivity index is 3.64. The van der Waals surface area contributed by atoms with E-state index in [1.807, 2.05) is 6.07 Å². The molecule has 0 heterocycles. The number of aliphatic hydroxyl groups is 1. The third-order valence-electron chi connectivity index (χ3n) is 1.51. The Labute approximate surface area is 72.2 Å². The zero-order chi connectivity index (χ0) is 9.40. The number of amides is 1. The van der Waals surface area contributed by atoms with Gasteiger partial charge in [0, 0.05) is 13.2 Å². The molecule has 0 aromatic rings. The molecule has 1 amide bonds. The standard InChI is InChI=1S/C8H14N2O2/c1-2-7(6-9)8(12)10-4-3-5-11/h7,11H,2-5H2,1H3,(H,10,12). The molecule has 0 aromatic heterocycles. The van der Waals surface area contributed by atoms with Gasteiger partial charge in [-0.2, -0.15) is 5.26 Å². The summed E-state index contributed by atoms with van der Waals surface area (Å²) in [6.07, 6.45) is 1.06. The molecule has 0 radical (unpaired) electrons. The molecule has 2 N–H and O–H groups in total.